The van der Waals surface area contributed by atoms with Crippen LogP contribution in [-0.4, -0.2) is 37.6 Å². The molecule has 0 rings (SSSR count). The van der Waals surface area contributed by atoms with Crippen molar-refractivity contribution < 1.29 is 9.53 Å². The third-order valence-electron chi connectivity index (χ3n) is 1.41. The molecule has 0 bridgehead atoms. The number of ether oxygens (including phenoxy) is 1. The number of hydrogen-bond acceptors (Lipinski definition) is 3. The molecule has 3 nitrogen and oxygen atoms in total. The van der Waals surface area contributed by atoms with Gasteiger partial charge in [0.2, 0.25) is 0 Å². The first-order valence-corrected chi connectivity index (χ1v) is 4.40. The van der Waals surface area contributed by atoms with Gasteiger partial charge in [0.1, 0.15) is 6.10 Å². The SMILES string of the molecule is CCCC(=O)OC(C)CN(C)C. The zero-order chi connectivity index (χ0) is 9.56. The summed E-state index contributed by atoms with van der Waals surface area (Å²) in [5.41, 5.74) is 0. The highest BCUT2D eigenvalue weighted by atomic mass is 16.5. The van der Waals surface area contributed by atoms with Crippen molar-refractivity contribution in [1.82, 2.24) is 4.90 Å². The van der Waals surface area contributed by atoms with Gasteiger partial charge in [0, 0.05) is 13.0 Å². The number of nitrogens with zero attached hydrogens (tertiary/aromatic N) is 1. The molecule has 0 saturated carbocycles. The van der Waals surface area contributed by atoms with Crippen LogP contribution in [-0.2, 0) is 9.53 Å². The molecule has 0 radical (unpaired) electrons. The first kappa shape index (κ1) is 11.4. The van der Waals surface area contributed by atoms with E-state index >= 15 is 0 Å². The normalized spacial score (nSPS) is 13.1. The van der Waals surface area contributed by atoms with E-state index in [2.05, 4.69) is 0 Å². The summed E-state index contributed by atoms with van der Waals surface area (Å²) in [6.45, 7) is 4.67. The molecule has 3 heteroatoms. The van der Waals surface area contributed by atoms with Gasteiger partial charge in [-0.25, -0.2) is 0 Å². The summed E-state index contributed by atoms with van der Waals surface area (Å²) in [6, 6.07) is 0. The average molecular weight is 173 g/mol. The van der Waals surface area contributed by atoms with E-state index in [1.807, 2.05) is 32.8 Å². The van der Waals surface area contributed by atoms with Gasteiger partial charge in [0.25, 0.3) is 0 Å². The number of carbonyl (C=O) groups is 1. The van der Waals surface area contributed by atoms with Crippen molar-refractivity contribution in [3.05, 3.63) is 0 Å². The highest BCUT2D eigenvalue weighted by molar-refractivity contribution is 5.69. The van der Waals surface area contributed by atoms with Gasteiger partial charge in [-0.05, 0) is 27.4 Å². The fourth-order valence-corrected chi connectivity index (χ4v) is 1.04. The molecule has 0 amide bonds. The van der Waals surface area contributed by atoms with Crippen LogP contribution < -0.4 is 0 Å². The van der Waals surface area contributed by atoms with Crippen LogP contribution >= 0.6 is 0 Å². The molecule has 1 atom stereocenters. The fourth-order valence-electron chi connectivity index (χ4n) is 1.04. The van der Waals surface area contributed by atoms with E-state index in [4.69, 9.17) is 4.74 Å². The van der Waals surface area contributed by atoms with Crippen molar-refractivity contribution in [3.8, 4) is 0 Å². The van der Waals surface area contributed by atoms with Crippen molar-refractivity contribution >= 4 is 5.97 Å². The lowest BCUT2D eigenvalue weighted by molar-refractivity contribution is -0.148. The van der Waals surface area contributed by atoms with Gasteiger partial charge in [-0.2, -0.15) is 0 Å². The lowest BCUT2D eigenvalue weighted by Gasteiger charge is -2.17. The van der Waals surface area contributed by atoms with Crippen molar-refractivity contribution in [2.24, 2.45) is 0 Å². The highest BCUT2D eigenvalue weighted by Gasteiger charge is 2.08. The number of rotatable bonds is 5. The molecule has 0 aromatic heterocycles. The van der Waals surface area contributed by atoms with Gasteiger partial charge in [-0.15, -0.1) is 0 Å². The van der Waals surface area contributed by atoms with Crippen molar-refractivity contribution in [1.29, 1.82) is 0 Å². The smallest absolute Gasteiger partial charge is 0.306 e. The second-order valence-corrected chi connectivity index (χ2v) is 3.31. The summed E-state index contributed by atoms with van der Waals surface area (Å²) in [6.07, 6.45) is 1.38. The van der Waals surface area contributed by atoms with Crippen LogP contribution in [0.25, 0.3) is 0 Å². The molecule has 0 N–H and O–H groups in total. The van der Waals surface area contributed by atoms with Crippen LogP contribution in [0.5, 0.6) is 0 Å². The van der Waals surface area contributed by atoms with Crippen LogP contribution in [0.15, 0.2) is 0 Å². The molecule has 72 valence electrons. The predicted molar refractivity (Wildman–Crippen MR) is 49.0 cm³/mol. The van der Waals surface area contributed by atoms with Gasteiger partial charge >= 0.3 is 5.97 Å². The Morgan fingerprint density at radius 3 is 2.50 bits per heavy atom. The van der Waals surface area contributed by atoms with E-state index in [1.54, 1.807) is 0 Å². The molecular formula is C9H19NO2. The van der Waals surface area contributed by atoms with E-state index in [-0.39, 0.29) is 12.1 Å². The highest BCUT2D eigenvalue weighted by Crippen LogP contribution is 1.97. The summed E-state index contributed by atoms with van der Waals surface area (Å²) in [5.74, 6) is -0.0909. The monoisotopic (exact) mass is 173 g/mol. The minimum Gasteiger partial charge on any atom is -0.461 e. The Kier molecular flexibility index (Phi) is 5.72. The number of carbonyl (C=O) groups excluding carboxylic acids is 1. The van der Waals surface area contributed by atoms with E-state index in [0.29, 0.717) is 6.42 Å². The molecule has 12 heavy (non-hydrogen) atoms. The third-order valence-corrected chi connectivity index (χ3v) is 1.41. The first-order valence-electron chi connectivity index (χ1n) is 4.40. The van der Waals surface area contributed by atoms with Crippen LogP contribution in [0.4, 0.5) is 0 Å². The Balaban J connectivity index is 3.54. The summed E-state index contributed by atoms with van der Waals surface area (Å²) >= 11 is 0. The zero-order valence-electron chi connectivity index (χ0n) is 8.46. The van der Waals surface area contributed by atoms with E-state index < -0.39 is 0 Å². The van der Waals surface area contributed by atoms with Gasteiger partial charge in [-0.1, -0.05) is 6.92 Å². The van der Waals surface area contributed by atoms with Crippen LogP contribution in [0.2, 0.25) is 0 Å². The van der Waals surface area contributed by atoms with Gasteiger partial charge < -0.3 is 9.64 Å². The minimum absolute atomic E-state index is 0.000880. The Morgan fingerprint density at radius 2 is 2.08 bits per heavy atom. The zero-order valence-corrected chi connectivity index (χ0v) is 8.46. The Morgan fingerprint density at radius 1 is 1.50 bits per heavy atom. The lowest BCUT2D eigenvalue weighted by Crippen LogP contribution is -2.27. The second-order valence-electron chi connectivity index (χ2n) is 3.31. The molecule has 0 aromatic carbocycles. The topological polar surface area (TPSA) is 29.5 Å². The van der Waals surface area contributed by atoms with Crippen LogP contribution in [0.1, 0.15) is 26.7 Å². The molecule has 1 unspecified atom stereocenters. The Labute approximate surface area is 74.7 Å². The molecule has 0 aromatic rings. The molecule has 0 spiro atoms. The first-order chi connectivity index (χ1) is 5.56. The van der Waals surface area contributed by atoms with Crippen molar-refractivity contribution in [3.63, 3.8) is 0 Å². The molecule has 0 heterocycles. The molecular weight excluding hydrogens is 154 g/mol. The maximum Gasteiger partial charge on any atom is 0.306 e. The average Bonchev–Trinajstić information content (AvgIpc) is 1.84. The summed E-state index contributed by atoms with van der Waals surface area (Å²) in [5, 5.41) is 0. The molecule has 0 saturated heterocycles. The van der Waals surface area contributed by atoms with E-state index in [0.717, 1.165) is 13.0 Å². The lowest BCUT2D eigenvalue weighted by atomic mass is 10.3. The van der Waals surface area contributed by atoms with Crippen molar-refractivity contribution in [2.75, 3.05) is 20.6 Å². The standard InChI is InChI=1S/C9H19NO2/c1-5-6-9(11)12-8(2)7-10(3)4/h8H,5-7H2,1-4H3. The quantitative estimate of drug-likeness (QED) is 0.586. The van der Waals surface area contributed by atoms with Crippen molar-refractivity contribution in [2.45, 2.75) is 32.8 Å². The third kappa shape index (κ3) is 6.16. The minimum atomic E-state index is -0.0909. The van der Waals surface area contributed by atoms with Crippen LogP contribution in [0.3, 0.4) is 0 Å². The van der Waals surface area contributed by atoms with Gasteiger partial charge in [0.15, 0.2) is 0 Å². The van der Waals surface area contributed by atoms with Gasteiger partial charge in [0.05, 0.1) is 0 Å². The van der Waals surface area contributed by atoms with Gasteiger partial charge in [-0.3, -0.25) is 4.79 Å². The molecule has 0 aliphatic rings. The van der Waals surface area contributed by atoms with E-state index in [1.165, 1.54) is 0 Å². The Bertz CT molecular complexity index is 134. The fraction of sp³-hybridized carbons (Fsp3) is 0.889. The second kappa shape index (κ2) is 6.00. The number of likely N-dealkylation sites (N-methyl/N-ethyl adjacent to an activating group) is 1. The van der Waals surface area contributed by atoms with E-state index in [9.17, 15) is 4.79 Å². The number of esters is 1. The summed E-state index contributed by atoms with van der Waals surface area (Å²) in [4.78, 5) is 13.0. The van der Waals surface area contributed by atoms with Crippen LogP contribution in [0, 0.1) is 0 Å². The summed E-state index contributed by atoms with van der Waals surface area (Å²) in [7, 11) is 3.92. The maximum absolute atomic E-state index is 11.0. The molecule has 0 aliphatic heterocycles. The predicted octanol–water partition coefficient (Wildman–Crippen LogP) is 1.28. The molecule has 0 fully saturated rings. The molecule has 0 aliphatic carbocycles. The maximum atomic E-state index is 11.0. The summed E-state index contributed by atoms with van der Waals surface area (Å²) < 4.78 is 5.12. The number of hydrogen-bond donors (Lipinski definition) is 0. The largest absolute Gasteiger partial charge is 0.461 e. The Hall–Kier alpha value is -0.570.